The first-order chi connectivity index (χ1) is 22.7. The molecule has 3 aliphatic rings. The van der Waals surface area contributed by atoms with Gasteiger partial charge in [-0.15, -0.1) is 0 Å². The van der Waals surface area contributed by atoms with E-state index < -0.39 is 40.8 Å². The highest BCUT2D eigenvalue weighted by molar-refractivity contribution is 6.37. The SMILES string of the molecule is CN1CCCC1C(=O)NC(CC1CC1)C(=O)C(N)=O.COc1cccc(CNC(=O)C2(NC(=O)NC(C=O)C(C)(C)C)CCCCC2)c1. The van der Waals surface area contributed by atoms with Crippen LogP contribution in [0.1, 0.15) is 90.5 Å². The second-order valence-corrected chi connectivity index (χ2v) is 14.4. The lowest BCUT2D eigenvalue weighted by Crippen LogP contribution is -2.63. The molecule has 266 valence electrons. The number of likely N-dealkylation sites (N-methyl/N-ethyl adjacent to an activating group) is 1. The van der Waals surface area contributed by atoms with E-state index in [0.717, 1.165) is 69.1 Å². The number of amides is 5. The standard InChI is InChI=1S/C22H33N3O4.C13H21N3O3/c1-21(2,3)18(15-26)24-20(28)25-22(11-6-5-7-12-22)19(27)23-14-16-9-8-10-17(13-16)29-4;1-16-6-2-3-10(16)13(19)15-9(7-8-4-5-8)11(17)12(14)18/h8-10,13,15,18H,5-7,11-12,14H2,1-4H3,(H,23,27)(H2,24,25,28);8-10H,2-7H2,1H3,(H2,14,18)(H,15,19). The fourth-order valence-electron chi connectivity index (χ4n) is 6.15. The highest BCUT2D eigenvalue weighted by Crippen LogP contribution is 2.34. The molecule has 3 atom stereocenters. The van der Waals surface area contributed by atoms with Gasteiger partial charge in [0.05, 0.1) is 25.2 Å². The number of nitrogens with one attached hydrogen (secondary N) is 4. The number of methoxy groups -OCH3 is 1. The molecule has 2 aliphatic carbocycles. The largest absolute Gasteiger partial charge is 0.497 e. The summed E-state index contributed by atoms with van der Waals surface area (Å²) in [4.78, 5) is 73.9. The lowest BCUT2D eigenvalue weighted by atomic mass is 9.80. The molecule has 0 radical (unpaired) electrons. The average molecular weight is 671 g/mol. The van der Waals surface area contributed by atoms with Crippen molar-refractivity contribution in [3.63, 3.8) is 0 Å². The molecule has 13 heteroatoms. The van der Waals surface area contributed by atoms with Crippen LogP contribution >= 0.6 is 0 Å². The summed E-state index contributed by atoms with van der Waals surface area (Å²) in [6.45, 7) is 6.87. The van der Waals surface area contributed by atoms with Crippen molar-refractivity contribution in [1.29, 1.82) is 0 Å². The molecule has 1 aromatic rings. The molecule has 1 aromatic carbocycles. The molecule has 0 aromatic heterocycles. The van der Waals surface area contributed by atoms with Crippen LogP contribution in [0.5, 0.6) is 5.75 Å². The normalized spacial score (nSPS) is 20.1. The Morgan fingerprint density at radius 1 is 1.04 bits per heavy atom. The quantitative estimate of drug-likeness (QED) is 0.156. The molecule has 1 heterocycles. The molecular formula is C35H54N6O7. The van der Waals surface area contributed by atoms with Gasteiger partial charge in [-0.3, -0.25) is 24.1 Å². The number of nitrogens with zero attached hydrogens (tertiary/aromatic N) is 1. The van der Waals surface area contributed by atoms with Crippen LogP contribution in [0, 0.1) is 11.3 Å². The molecule has 1 aliphatic heterocycles. The first kappa shape index (κ1) is 38.4. The minimum absolute atomic E-state index is 0.166. The summed E-state index contributed by atoms with van der Waals surface area (Å²) >= 11 is 0. The number of carbonyl (C=O) groups excluding carboxylic acids is 6. The Bertz CT molecular complexity index is 1300. The first-order valence-electron chi connectivity index (χ1n) is 17.0. The molecule has 3 unspecified atom stereocenters. The van der Waals surface area contributed by atoms with Crippen LogP contribution in [-0.2, 0) is 30.5 Å². The maximum Gasteiger partial charge on any atom is 0.316 e. The number of carbonyl (C=O) groups is 6. The predicted octanol–water partition coefficient (Wildman–Crippen LogP) is 2.35. The summed E-state index contributed by atoms with van der Waals surface area (Å²) in [5.74, 6) is -0.848. The van der Waals surface area contributed by atoms with Gasteiger partial charge in [-0.05, 0) is 74.7 Å². The van der Waals surface area contributed by atoms with Gasteiger partial charge in [0, 0.05) is 6.54 Å². The molecule has 0 spiro atoms. The van der Waals surface area contributed by atoms with Gasteiger partial charge in [-0.25, -0.2) is 4.79 Å². The van der Waals surface area contributed by atoms with Crippen molar-refractivity contribution in [2.75, 3.05) is 20.7 Å². The molecule has 13 nitrogen and oxygen atoms in total. The zero-order valence-electron chi connectivity index (χ0n) is 29.1. The van der Waals surface area contributed by atoms with Gasteiger partial charge >= 0.3 is 6.03 Å². The monoisotopic (exact) mass is 670 g/mol. The molecule has 5 amide bonds. The number of benzene rings is 1. The van der Waals surface area contributed by atoms with Crippen LogP contribution in [0.3, 0.4) is 0 Å². The second-order valence-electron chi connectivity index (χ2n) is 14.4. The number of aldehydes is 1. The van der Waals surface area contributed by atoms with E-state index in [1.807, 2.05) is 57.0 Å². The van der Waals surface area contributed by atoms with E-state index >= 15 is 0 Å². The van der Waals surface area contributed by atoms with E-state index in [4.69, 9.17) is 10.5 Å². The Balaban J connectivity index is 0.000000284. The number of likely N-dealkylation sites (tertiary alicyclic amines) is 1. The van der Waals surface area contributed by atoms with E-state index in [2.05, 4.69) is 21.3 Å². The average Bonchev–Trinajstić information content (AvgIpc) is 3.77. The number of hydrogen-bond acceptors (Lipinski definition) is 8. The molecule has 4 rings (SSSR count). The lowest BCUT2D eigenvalue weighted by Gasteiger charge is -2.37. The maximum absolute atomic E-state index is 13.1. The second kappa shape index (κ2) is 17.4. The number of Topliss-reactive ketones (excluding diaryl/α,β-unsaturated/α-hetero) is 1. The zero-order chi connectivity index (χ0) is 35.5. The van der Waals surface area contributed by atoms with E-state index in [0.29, 0.717) is 31.7 Å². The Labute approximate surface area is 283 Å². The number of hydrogen-bond donors (Lipinski definition) is 5. The van der Waals surface area contributed by atoms with Crippen LogP contribution in [0.4, 0.5) is 4.79 Å². The summed E-state index contributed by atoms with van der Waals surface area (Å²) in [7, 11) is 3.49. The van der Waals surface area contributed by atoms with Crippen LogP contribution in [-0.4, -0.2) is 85.1 Å². The summed E-state index contributed by atoms with van der Waals surface area (Å²) in [6, 6.07) is 5.43. The number of urea groups is 1. The topological polar surface area (TPSA) is 189 Å². The van der Waals surface area contributed by atoms with Crippen molar-refractivity contribution in [3.05, 3.63) is 29.8 Å². The molecule has 3 fully saturated rings. The highest BCUT2D eigenvalue weighted by Gasteiger charge is 2.41. The van der Waals surface area contributed by atoms with E-state index in [9.17, 15) is 28.8 Å². The molecular weight excluding hydrogens is 616 g/mol. The smallest absolute Gasteiger partial charge is 0.316 e. The Morgan fingerprint density at radius 3 is 2.27 bits per heavy atom. The fraction of sp³-hybridized carbons (Fsp3) is 0.657. The third-order valence-electron chi connectivity index (χ3n) is 9.40. The number of rotatable bonds is 13. The van der Waals surface area contributed by atoms with Crippen molar-refractivity contribution in [2.45, 2.75) is 115 Å². The van der Waals surface area contributed by atoms with Crippen LogP contribution < -0.4 is 31.7 Å². The van der Waals surface area contributed by atoms with Crippen LogP contribution in [0.25, 0.3) is 0 Å². The number of ether oxygens (including phenoxy) is 1. The third kappa shape index (κ3) is 11.3. The number of ketones is 1. The van der Waals surface area contributed by atoms with Gasteiger partial charge in [0.1, 0.15) is 17.6 Å². The number of nitrogens with two attached hydrogens (primary N) is 1. The number of primary amides is 1. The van der Waals surface area contributed by atoms with Crippen molar-refractivity contribution in [2.24, 2.45) is 17.1 Å². The zero-order valence-corrected chi connectivity index (χ0v) is 29.1. The Kier molecular flexibility index (Phi) is 13.9. The van der Waals surface area contributed by atoms with Crippen LogP contribution in [0.2, 0.25) is 0 Å². The summed E-state index contributed by atoms with van der Waals surface area (Å²) in [5.41, 5.74) is 4.58. The van der Waals surface area contributed by atoms with Crippen molar-refractivity contribution < 1.29 is 33.5 Å². The minimum Gasteiger partial charge on any atom is -0.497 e. The predicted molar refractivity (Wildman–Crippen MR) is 181 cm³/mol. The molecule has 2 saturated carbocycles. The summed E-state index contributed by atoms with van der Waals surface area (Å²) in [6.07, 6.45) is 9.06. The van der Waals surface area contributed by atoms with Crippen LogP contribution in [0.15, 0.2) is 24.3 Å². The van der Waals surface area contributed by atoms with Crippen molar-refractivity contribution in [1.82, 2.24) is 26.2 Å². The van der Waals surface area contributed by atoms with Gasteiger partial charge in [-0.2, -0.15) is 0 Å². The lowest BCUT2D eigenvalue weighted by molar-refractivity contribution is -0.139. The molecule has 0 bridgehead atoms. The van der Waals surface area contributed by atoms with E-state index in [1.165, 1.54) is 0 Å². The highest BCUT2D eigenvalue weighted by atomic mass is 16.5. The van der Waals surface area contributed by atoms with E-state index in [-0.39, 0.29) is 17.9 Å². The third-order valence-corrected chi connectivity index (χ3v) is 9.40. The molecule has 1 saturated heterocycles. The van der Waals surface area contributed by atoms with Gasteiger partial charge in [-0.1, -0.05) is 65.0 Å². The molecule has 48 heavy (non-hydrogen) atoms. The van der Waals surface area contributed by atoms with Gasteiger partial charge in [0.15, 0.2) is 0 Å². The summed E-state index contributed by atoms with van der Waals surface area (Å²) < 4.78 is 5.22. The van der Waals surface area contributed by atoms with E-state index in [1.54, 1.807) is 7.11 Å². The van der Waals surface area contributed by atoms with Gasteiger partial charge in [0.25, 0.3) is 5.91 Å². The Morgan fingerprint density at radius 2 is 1.73 bits per heavy atom. The fourth-order valence-corrected chi connectivity index (χ4v) is 6.15. The molecule has 6 N–H and O–H groups in total. The van der Waals surface area contributed by atoms with Crippen molar-refractivity contribution in [3.8, 4) is 5.75 Å². The van der Waals surface area contributed by atoms with Gasteiger partial charge < -0.3 is 36.5 Å². The first-order valence-corrected chi connectivity index (χ1v) is 17.0. The van der Waals surface area contributed by atoms with Crippen molar-refractivity contribution >= 4 is 35.8 Å². The maximum atomic E-state index is 13.1. The summed E-state index contributed by atoms with van der Waals surface area (Å²) in [5, 5.41) is 11.3. The minimum atomic E-state index is -0.967. The Hall–Kier alpha value is -4.00. The van der Waals surface area contributed by atoms with Gasteiger partial charge in [0.2, 0.25) is 17.6 Å².